The number of anilines is 1. The first-order chi connectivity index (χ1) is 15.4. The third-order valence-electron chi connectivity index (χ3n) is 4.00. The van der Waals surface area contributed by atoms with Gasteiger partial charge in [-0.3, -0.25) is 4.79 Å². The van der Waals surface area contributed by atoms with E-state index in [4.69, 9.17) is 30.5 Å². The maximum Gasteiger partial charge on any atom is 0.344 e. The van der Waals surface area contributed by atoms with E-state index in [0.717, 1.165) is 0 Å². The lowest BCUT2D eigenvalue weighted by molar-refractivity contribution is -0.145. The quantitative estimate of drug-likeness (QED) is 0.322. The predicted octanol–water partition coefficient (Wildman–Crippen LogP) is 4.23. The summed E-state index contributed by atoms with van der Waals surface area (Å²) in [6, 6.07) is 11.6. The molecule has 168 valence electrons. The fourth-order valence-corrected chi connectivity index (χ4v) is 2.87. The molecule has 1 N–H and O–H groups in total. The first kappa shape index (κ1) is 24.6. The van der Waals surface area contributed by atoms with E-state index in [1.165, 1.54) is 12.1 Å². The van der Waals surface area contributed by atoms with Gasteiger partial charge in [0.2, 0.25) is 0 Å². The summed E-state index contributed by atoms with van der Waals surface area (Å²) in [6.45, 7) is 3.66. The van der Waals surface area contributed by atoms with Crippen LogP contribution in [0.1, 0.15) is 19.4 Å². The molecule has 8 nitrogen and oxygen atoms in total. The molecule has 0 bridgehead atoms. The van der Waals surface area contributed by atoms with Gasteiger partial charge in [-0.05, 0) is 61.9 Å². The summed E-state index contributed by atoms with van der Waals surface area (Å²) < 4.78 is 20.9. The lowest BCUT2D eigenvalue weighted by atomic mass is 10.1. The highest BCUT2D eigenvalue weighted by Gasteiger charge is 2.16. The molecule has 0 saturated carbocycles. The van der Waals surface area contributed by atoms with Crippen molar-refractivity contribution in [2.24, 2.45) is 0 Å². The zero-order valence-electron chi connectivity index (χ0n) is 17.9. The van der Waals surface area contributed by atoms with Gasteiger partial charge in [0.15, 0.2) is 18.1 Å². The zero-order chi connectivity index (χ0) is 23.5. The Morgan fingerprint density at radius 2 is 1.84 bits per heavy atom. The van der Waals surface area contributed by atoms with Gasteiger partial charge in [0.25, 0.3) is 5.91 Å². The largest absolute Gasteiger partial charge is 0.497 e. The fourth-order valence-electron chi connectivity index (χ4n) is 2.60. The van der Waals surface area contributed by atoms with Crippen LogP contribution in [0.25, 0.3) is 6.08 Å². The molecule has 0 radical (unpaired) electrons. The van der Waals surface area contributed by atoms with Gasteiger partial charge < -0.3 is 24.3 Å². The Bertz CT molecular complexity index is 1030. The molecule has 1 amide bonds. The van der Waals surface area contributed by atoms with Crippen LogP contribution in [0.5, 0.6) is 17.2 Å². The maximum atomic E-state index is 12.5. The van der Waals surface area contributed by atoms with Crippen molar-refractivity contribution in [2.45, 2.75) is 13.8 Å². The van der Waals surface area contributed by atoms with Crippen LogP contribution in [-0.2, 0) is 14.3 Å². The molecule has 32 heavy (non-hydrogen) atoms. The van der Waals surface area contributed by atoms with Gasteiger partial charge in [-0.15, -0.1) is 0 Å². The fraction of sp³-hybridized carbons (Fsp3) is 0.261. The zero-order valence-corrected chi connectivity index (χ0v) is 18.7. The number of esters is 1. The number of halogens is 1. The molecular formula is C23H23ClN2O6. The van der Waals surface area contributed by atoms with E-state index in [0.29, 0.717) is 23.6 Å². The molecular weight excluding hydrogens is 436 g/mol. The van der Waals surface area contributed by atoms with Crippen molar-refractivity contribution in [1.82, 2.24) is 0 Å². The molecule has 0 heterocycles. The van der Waals surface area contributed by atoms with Crippen LogP contribution < -0.4 is 19.5 Å². The van der Waals surface area contributed by atoms with Crippen molar-refractivity contribution in [1.29, 1.82) is 5.26 Å². The Balaban J connectivity index is 2.26. The molecule has 0 aliphatic rings. The highest BCUT2D eigenvalue weighted by Crippen LogP contribution is 2.37. The Kier molecular flexibility index (Phi) is 9.39. The van der Waals surface area contributed by atoms with Gasteiger partial charge in [0, 0.05) is 5.69 Å². The normalized spacial score (nSPS) is 10.7. The molecule has 9 heteroatoms. The van der Waals surface area contributed by atoms with Gasteiger partial charge >= 0.3 is 5.97 Å². The SMILES string of the molecule is CCOC(=O)COc1c(Cl)cc(/C=C(\C#N)C(=O)Nc2ccc(OC)cc2)cc1OCC. The van der Waals surface area contributed by atoms with Crippen LogP contribution in [0.4, 0.5) is 5.69 Å². The molecule has 0 aliphatic carbocycles. The third kappa shape index (κ3) is 6.93. The van der Waals surface area contributed by atoms with Crippen molar-refractivity contribution in [3.8, 4) is 23.3 Å². The molecule has 0 aliphatic heterocycles. The molecule has 2 rings (SSSR count). The monoisotopic (exact) mass is 458 g/mol. The van der Waals surface area contributed by atoms with E-state index < -0.39 is 11.9 Å². The summed E-state index contributed by atoms with van der Waals surface area (Å²) in [4.78, 5) is 24.1. The predicted molar refractivity (Wildman–Crippen MR) is 120 cm³/mol. The smallest absolute Gasteiger partial charge is 0.344 e. The Morgan fingerprint density at radius 1 is 1.12 bits per heavy atom. The maximum absolute atomic E-state index is 12.5. The van der Waals surface area contributed by atoms with Crippen molar-refractivity contribution in [3.63, 3.8) is 0 Å². The number of benzene rings is 2. The number of rotatable bonds is 10. The molecule has 0 atom stereocenters. The molecule has 0 spiro atoms. The third-order valence-corrected chi connectivity index (χ3v) is 4.28. The van der Waals surface area contributed by atoms with E-state index in [1.807, 2.05) is 6.07 Å². The van der Waals surface area contributed by atoms with Gasteiger partial charge in [-0.2, -0.15) is 5.26 Å². The number of amides is 1. The first-order valence-corrected chi connectivity index (χ1v) is 10.1. The summed E-state index contributed by atoms with van der Waals surface area (Å²) in [5.41, 5.74) is 0.815. The van der Waals surface area contributed by atoms with Crippen LogP contribution >= 0.6 is 11.6 Å². The second-order valence-electron chi connectivity index (χ2n) is 6.21. The van der Waals surface area contributed by atoms with E-state index >= 15 is 0 Å². The molecule has 2 aromatic rings. The van der Waals surface area contributed by atoms with E-state index in [-0.39, 0.29) is 35.3 Å². The lowest BCUT2D eigenvalue weighted by Gasteiger charge is -2.14. The Hall–Kier alpha value is -3.70. The molecule has 0 fully saturated rings. The average Bonchev–Trinajstić information content (AvgIpc) is 2.77. The van der Waals surface area contributed by atoms with Gasteiger partial charge in [-0.25, -0.2) is 4.79 Å². The molecule has 2 aromatic carbocycles. The minimum Gasteiger partial charge on any atom is -0.497 e. The standard InChI is InChI=1S/C23H23ClN2O6/c1-4-30-20-12-15(11-19(24)22(20)32-14-21(27)31-5-2)10-16(13-25)23(28)26-17-6-8-18(29-3)9-7-17/h6-12H,4-5,14H2,1-3H3,(H,26,28)/b16-10+. The van der Waals surface area contributed by atoms with Crippen molar-refractivity contribution < 1.29 is 28.5 Å². The highest BCUT2D eigenvalue weighted by molar-refractivity contribution is 6.32. The van der Waals surface area contributed by atoms with Crippen LogP contribution in [0.3, 0.4) is 0 Å². The average molecular weight is 459 g/mol. The first-order valence-electron chi connectivity index (χ1n) is 9.73. The van der Waals surface area contributed by atoms with Crippen LogP contribution in [0.15, 0.2) is 42.0 Å². The topological polar surface area (TPSA) is 107 Å². The summed E-state index contributed by atoms with van der Waals surface area (Å²) >= 11 is 6.31. The Labute approximate surface area is 191 Å². The summed E-state index contributed by atoms with van der Waals surface area (Å²) in [7, 11) is 1.54. The number of nitriles is 1. The van der Waals surface area contributed by atoms with E-state index in [1.54, 1.807) is 51.3 Å². The number of nitrogens with one attached hydrogen (secondary N) is 1. The summed E-state index contributed by atoms with van der Waals surface area (Å²) in [5.74, 6) is -0.0583. The van der Waals surface area contributed by atoms with E-state index in [2.05, 4.69) is 5.32 Å². The number of carbonyl (C=O) groups excluding carboxylic acids is 2. The lowest BCUT2D eigenvalue weighted by Crippen LogP contribution is -2.15. The highest BCUT2D eigenvalue weighted by atomic mass is 35.5. The van der Waals surface area contributed by atoms with Crippen molar-refractivity contribution in [3.05, 3.63) is 52.6 Å². The molecule has 0 saturated heterocycles. The second-order valence-corrected chi connectivity index (χ2v) is 6.62. The second kappa shape index (κ2) is 12.2. The number of methoxy groups -OCH3 is 1. The number of hydrogen-bond donors (Lipinski definition) is 1. The van der Waals surface area contributed by atoms with Gasteiger partial charge in [0.1, 0.15) is 17.4 Å². The number of carbonyl (C=O) groups is 2. The number of hydrogen-bond acceptors (Lipinski definition) is 7. The van der Waals surface area contributed by atoms with Crippen LogP contribution in [-0.4, -0.2) is 38.8 Å². The molecule has 0 aromatic heterocycles. The van der Waals surface area contributed by atoms with E-state index in [9.17, 15) is 14.9 Å². The van der Waals surface area contributed by atoms with Gasteiger partial charge in [-0.1, -0.05) is 11.6 Å². The minimum atomic E-state index is -0.589. The summed E-state index contributed by atoms with van der Waals surface area (Å²) in [5, 5.41) is 12.3. The summed E-state index contributed by atoms with van der Waals surface area (Å²) in [6.07, 6.45) is 1.38. The van der Waals surface area contributed by atoms with Gasteiger partial charge in [0.05, 0.1) is 25.3 Å². The van der Waals surface area contributed by atoms with Crippen LogP contribution in [0, 0.1) is 11.3 Å². The minimum absolute atomic E-state index is 0.139. The van der Waals surface area contributed by atoms with Crippen molar-refractivity contribution in [2.75, 3.05) is 32.2 Å². The number of nitrogens with zero attached hydrogens (tertiary/aromatic N) is 1. The molecule has 0 unspecified atom stereocenters. The number of ether oxygens (including phenoxy) is 4. The van der Waals surface area contributed by atoms with Crippen molar-refractivity contribution >= 4 is 35.2 Å². The Morgan fingerprint density at radius 3 is 2.44 bits per heavy atom. The van der Waals surface area contributed by atoms with Crippen LogP contribution in [0.2, 0.25) is 5.02 Å².